The summed E-state index contributed by atoms with van der Waals surface area (Å²) in [6.07, 6.45) is 15.9. The molecule has 0 aromatic carbocycles. The molecule has 0 radical (unpaired) electrons. The van der Waals surface area contributed by atoms with Crippen LogP contribution in [-0.4, -0.2) is 40.9 Å². The van der Waals surface area contributed by atoms with Crippen LogP contribution in [0.2, 0.25) is 0 Å². The molecule has 8 N–H and O–H groups in total. The lowest BCUT2D eigenvalue weighted by molar-refractivity contribution is 0.275. The maximum Gasteiger partial charge on any atom is 0.466 e. The first-order chi connectivity index (χ1) is 11.4. The van der Waals surface area contributed by atoms with Crippen molar-refractivity contribution in [3.05, 3.63) is 0 Å². The summed E-state index contributed by atoms with van der Waals surface area (Å²) in [5.41, 5.74) is 10.9. The lowest BCUT2D eigenvalue weighted by Crippen LogP contribution is -2.16. The quantitative estimate of drug-likeness (QED) is 0.181. The van der Waals surface area contributed by atoms with E-state index in [9.17, 15) is 0 Å². The van der Waals surface area contributed by atoms with Gasteiger partial charge in [0.05, 0.1) is 0 Å². The van der Waals surface area contributed by atoms with Crippen LogP contribution in [0.4, 0.5) is 0 Å². The predicted octanol–water partition coefficient (Wildman–Crippen LogP) is 2.25. The summed E-state index contributed by atoms with van der Waals surface area (Å²) in [5.74, 6) is 0. The van der Waals surface area contributed by atoms with Crippen molar-refractivity contribution in [2.45, 2.75) is 77.0 Å². The molecule has 0 aliphatic rings. The molecule has 0 aliphatic heterocycles. The maximum atomic E-state index is 8.88. The van der Waals surface area contributed by atoms with Gasteiger partial charge in [0.15, 0.2) is 0 Å². The second-order valence-corrected chi connectivity index (χ2v) is 7.11. The summed E-state index contributed by atoms with van der Waals surface area (Å²) in [7, 11) is -4.64. The van der Waals surface area contributed by atoms with E-state index in [1.807, 2.05) is 0 Å². The van der Waals surface area contributed by atoms with Gasteiger partial charge in [-0.2, -0.15) is 0 Å². The number of nitrogens with one attached hydrogen (secondary N) is 1. The van der Waals surface area contributed by atoms with Crippen LogP contribution in [-0.2, 0) is 4.57 Å². The molecular weight excluding hydrogens is 329 g/mol. The number of phosphoric acid groups is 1. The first-order valence-electron chi connectivity index (χ1n) is 9.31. The Balaban J connectivity index is 0. The zero-order valence-electron chi connectivity index (χ0n) is 15.2. The highest BCUT2D eigenvalue weighted by molar-refractivity contribution is 7.45. The number of nitrogens with two attached hydrogens (primary N) is 2. The van der Waals surface area contributed by atoms with Gasteiger partial charge in [-0.3, -0.25) is 0 Å². The Labute approximate surface area is 147 Å². The molecule has 0 saturated carbocycles. The summed E-state index contributed by atoms with van der Waals surface area (Å²) in [4.78, 5) is 21.6. The van der Waals surface area contributed by atoms with Crippen molar-refractivity contribution in [3.63, 3.8) is 0 Å². The van der Waals surface area contributed by atoms with E-state index in [0.717, 1.165) is 13.1 Å². The van der Waals surface area contributed by atoms with Crippen molar-refractivity contribution >= 4 is 7.82 Å². The summed E-state index contributed by atoms with van der Waals surface area (Å²) < 4.78 is 8.88. The Hall–Kier alpha value is -0.0100. The monoisotopic (exact) mass is 369 g/mol. The molecule has 0 rings (SSSR count). The van der Waals surface area contributed by atoms with Gasteiger partial charge in [0.25, 0.3) is 0 Å². The Morgan fingerprint density at radius 2 is 0.833 bits per heavy atom. The van der Waals surface area contributed by atoms with Crippen LogP contribution in [0, 0.1) is 0 Å². The fraction of sp³-hybridized carbons (Fsp3) is 1.00. The van der Waals surface area contributed by atoms with Gasteiger partial charge < -0.3 is 31.5 Å². The third-order valence-corrected chi connectivity index (χ3v) is 3.62. The highest BCUT2D eigenvalue weighted by atomic mass is 31.2. The normalized spacial score (nSPS) is 11.2. The number of hydrogen-bond donors (Lipinski definition) is 6. The predicted molar refractivity (Wildman–Crippen MR) is 101 cm³/mol. The third kappa shape index (κ3) is 37.9. The van der Waals surface area contributed by atoms with Gasteiger partial charge in [-0.1, -0.05) is 51.4 Å². The fourth-order valence-electron chi connectivity index (χ4n) is 2.33. The van der Waals surface area contributed by atoms with Crippen molar-refractivity contribution < 1.29 is 19.2 Å². The maximum absolute atomic E-state index is 8.88. The highest BCUT2D eigenvalue weighted by Crippen LogP contribution is 2.25. The minimum absolute atomic E-state index is 0.855. The van der Waals surface area contributed by atoms with E-state index in [2.05, 4.69) is 5.32 Å². The Morgan fingerprint density at radius 1 is 0.583 bits per heavy atom. The number of rotatable bonds is 16. The van der Waals surface area contributed by atoms with Gasteiger partial charge in [0.2, 0.25) is 0 Å². The first kappa shape index (κ1) is 26.2. The summed E-state index contributed by atoms with van der Waals surface area (Å²) in [6.45, 7) is 4.11. The smallest absolute Gasteiger partial charge is 0.330 e. The van der Waals surface area contributed by atoms with Gasteiger partial charge in [-0.15, -0.1) is 0 Å². The zero-order valence-corrected chi connectivity index (χ0v) is 16.1. The van der Waals surface area contributed by atoms with Crippen molar-refractivity contribution in [1.82, 2.24) is 5.32 Å². The standard InChI is InChI=1S/C16H37N3.H3O4P/c17-13-9-5-1-3-7-11-15-19-16-12-8-4-2-6-10-14-18;1-5(2,3)4/h19H,1-18H2;(H3,1,2,3,4). The largest absolute Gasteiger partial charge is 0.466 e. The molecule has 0 amide bonds. The molecule has 24 heavy (non-hydrogen) atoms. The highest BCUT2D eigenvalue weighted by Gasteiger charge is 2.00. The number of unbranched alkanes of at least 4 members (excludes halogenated alkanes) is 10. The molecule has 0 aromatic heterocycles. The van der Waals surface area contributed by atoms with Crippen LogP contribution < -0.4 is 16.8 Å². The summed E-state index contributed by atoms with van der Waals surface area (Å²) >= 11 is 0. The van der Waals surface area contributed by atoms with Crippen molar-refractivity contribution in [3.8, 4) is 0 Å². The van der Waals surface area contributed by atoms with Crippen LogP contribution in [0.1, 0.15) is 77.0 Å². The molecule has 148 valence electrons. The molecule has 0 bridgehead atoms. The lowest BCUT2D eigenvalue weighted by Gasteiger charge is -2.05. The summed E-state index contributed by atoms with van der Waals surface area (Å²) in [6, 6.07) is 0. The molecular formula is C16H40N3O4P. The topological polar surface area (TPSA) is 142 Å². The average Bonchev–Trinajstić information content (AvgIpc) is 2.49. The van der Waals surface area contributed by atoms with Gasteiger partial charge in [-0.25, -0.2) is 4.57 Å². The zero-order chi connectivity index (χ0) is 18.5. The van der Waals surface area contributed by atoms with Gasteiger partial charge in [-0.05, 0) is 51.9 Å². The van der Waals surface area contributed by atoms with E-state index in [0.29, 0.717) is 0 Å². The first-order valence-corrected chi connectivity index (χ1v) is 10.9. The van der Waals surface area contributed by atoms with E-state index in [4.69, 9.17) is 30.7 Å². The SMILES string of the molecule is NCCCCCCCCNCCCCCCCCN.O=P(O)(O)O. The van der Waals surface area contributed by atoms with Crippen LogP contribution in [0.15, 0.2) is 0 Å². The Bertz CT molecular complexity index is 254. The second kappa shape index (κ2) is 21.0. The van der Waals surface area contributed by atoms with E-state index in [1.54, 1.807) is 0 Å². The van der Waals surface area contributed by atoms with Crippen molar-refractivity contribution in [1.29, 1.82) is 0 Å². The van der Waals surface area contributed by atoms with Gasteiger partial charge in [0.1, 0.15) is 0 Å². The molecule has 8 heteroatoms. The molecule has 0 atom stereocenters. The fourth-order valence-corrected chi connectivity index (χ4v) is 2.33. The average molecular weight is 369 g/mol. The van der Waals surface area contributed by atoms with E-state index in [-0.39, 0.29) is 0 Å². The van der Waals surface area contributed by atoms with Crippen molar-refractivity contribution in [2.75, 3.05) is 26.2 Å². The molecule has 0 heterocycles. The molecule has 0 fully saturated rings. The van der Waals surface area contributed by atoms with Crippen LogP contribution in [0.25, 0.3) is 0 Å². The number of hydrogen-bond acceptors (Lipinski definition) is 4. The molecule has 0 saturated heterocycles. The van der Waals surface area contributed by atoms with E-state index >= 15 is 0 Å². The molecule has 0 unspecified atom stereocenters. The van der Waals surface area contributed by atoms with E-state index in [1.165, 1.54) is 90.1 Å². The van der Waals surface area contributed by atoms with Crippen LogP contribution >= 0.6 is 7.82 Å². The summed E-state index contributed by atoms with van der Waals surface area (Å²) in [5, 5.41) is 3.55. The molecule has 0 aromatic rings. The molecule has 7 nitrogen and oxygen atoms in total. The Morgan fingerprint density at radius 3 is 1.12 bits per heavy atom. The van der Waals surface area contributed by atoms with Crippen LogP contribution in [0.3, 0.4) is 0 Å². The van der Waals surface area contributed by atoms with E-state index < -0.39 is 7.82 Å². The Kier molecular flexibility index (Phi) is 23.0. The van der Waals surface area contributed by atoms with Crippen LogP contribution in [0.5, 0.6) is 0 Å². The minimum atomic E-state index is -4.64. The third-order valence-electron chi connectivity index (χ3n) is 3.62. The second-order valence-electron chi connectivity index (χ2n) is 6.08. The molecule has 0 aliphatic carbocycles. The molecule has 0 spiro atoms. The minimum Gasteiger partial charge on any atom is -0.330 e. The van der Waals surface area contributed by atoms with Gasteiger partial charge in [0, 0.05) is 0 Å². The van der Waals surface area contributed by atoms with Crippen molar-refractivity contribution in [2.24, 2.45) is 11.5 Å². The van der Waals surface area contributed by atoms with Gasteiger partial charge >= 0.3 is 7.82 Å². The lowest BCUT2D eigenvalue weighted by atomic mass is 10.1.